The molecule has 0 aromatic carbocycles. The van der Waals surface area contributed by atoms with Gasteiger partial charge in [-0.15, -0.1) is 0 Å². The molecule has 0 radical (unpaired) electrons. The van der Waals surface area contributed by atoms with Gasteiger partial charge in [-0.05, 0) is 6.08 Å². The van der Waals surface area contributed by atoms with E-state index in [-0.39, 0.29) is 6.61 Å². The third-order valence-corrected chi connectivity index (χ3v) is 2.04. The van der Waals surface area contributed by atoms with Crippen LogP contribution in [0.4, 0.5) is 5.82 Å². The van der Waals surface area contributed by atoms with E-state index < -0.39 is 6.10 Å². The van der Waals surface area contributed by atoms with Crippen molar-refractivity contribution < 1.29 is 10.2 Å². The van der Waals surface area contributed by atoms with E-state index in [0.717, 1.165) is 0 Å². The Balaban J connectivity index is 2.39. The van der Waals surface area contributed by atoms with Crippen molar-refractivity contribution in [2.75, 3.05) is 12.3 Å². The molecule has 0 spiro atoms. The van der Waals surface area contributed by atoms with Crippen molar-refractivity contribution in [3.63, 3.8) is 0 Å². The molecule has 7 heteroatoms. The summed E-state index contributed by atoms with van der Waals surface area (Å²) in [6.45, 7) is -0.333. The summed E-state index contributed by atoms with van der Waals surface area (Å²) in [6, 6.07) is 0. The quantitative estimate of drug-likeness (QED) is 0.628. The maximum atomic E-state index is 9.16. The predicted octanol–water partition coefficient (Wildman–Crippen LogP) is -0.768. The maximum absolute atomic E-state index is 9.16. The van der Waals surface area contributed by atoms with Gasteiger partial charge in [0.2, 0.25) is 0 Å². The molecular formula is C9H11N5O2. The normalized spacial score (nSPS) is 13.6. The number of hydrogen-bond donors (Lipinski definition) is 3. The van der Waals surface area contributed by atoms with Crippen molar-refractivity contribution in [2.45, 2.75) is 6.10 Å². The fourth-order valence-electron chi connectivity index (χ4n) is 1.23. The second kappa shape index (κ2) is 4.25. The number of nitrogens with zero attached hydrogens (tertiary/aromatic N) is 4. The first-order valence-corrected chi connectivity index (χ1v) is 4.62. The van der Waals surface area contributed by atoms with Crippen molar-refractivity contribution in [1.82, 2.24) is 19.5 Å². The number of nitrogen functional groups attached to an aromatic ring is 1. The highest BCUT2D eigenvalue weighted by Gasteiger charge is 2.05. The summed E-state index contributed by atoms with van der Waals surface area (Å²) in [6.07, 6.45) is 4.93. The van der Waals surface area contributed by atoms with Crippen LogP contribution in [0.5, 0.6) is 0 Å². The highest BCUT2D eigenvalue weighted by molar-refractivity contribution is 5.82. The summed E-state index contributed by atoms with van der Waals surface area (Å²) in [5, 5.41) is 17.8. The van der Waals surface area contributed by atoms with E-state index in [9.17, 15) is 0 Å². The van der Waals surface area contributed by atoms with E-state index in [4.69, 9.17) is 15.9 Å². The number of hydrogen-bond acceptors (Lipinski definition) is 6. The van der Waals surface area contributed by atoms with Gasteiger partial charge < -0.3 is 15.9 Å². The molecule has 0 saturated carbocycles. The number of rotatable bonds is 3. The number of anilines is 1. The average molecular weight is 221 g/mol. The standard InChI is InChI=1S/C9H11N5O2/c10-8-7-9(12-4-11-8)14(5-13-7)2-1-6(16)3-15/h1-2,4-6,15-16H,3H2,(H2,10,11,12)/b2-1+/t6-/m0/s1. The van der Waals surface area contributed by atoms with Gasteiger partial charge in [-0.1, -0.05) is 0 Å². The first-order chi connectivity index (χ1) is 7.72. The highest BCUT2D eigenvalue weighted by atomic mass is 16.3. The minimum absolute atomic E-state index is 0.305. The first kappa shape index (κ1) is 10.5. The summed E-state index contributed by atoms with van der Waals surface area (Å²) in [5.74, 6) is 0.305. The van der Waals surface area contributed by atoms with Gasteiger partial charge >= 0.3 is 0 Å². The molecule has 0 aliphatic rings. The second-order valence-corrected chi connectivity index (χ2v) is 3.17. The van der Waals surface area contributed by atoms with Crippen LogP contribution in [0, 0.1) is 0 Å². The van der Waals surface area contributed by atoms with Crippen molar-refractivity contribution in [1.29, 1.82) is 0 Å². The van der Waals surface area contributed by atoms with Gasteiger partial charge in [0, 0.05) is 6.20 Å². The smallest absolute Gasteiger partial charge is 0.169 e. The van der Waals surface area contributed by atoms with Crippen LogP contribution in [-0.2, 0) is 0 Å². The molecule has 0 aliphatic heterocycles. The molecular weight excluding hydrogens is 210 g/mol. The third kappa shape index (κ3) is 1.86. The van der Waals surface area contributed by atoms with Crippen LogP contribution < -0.4 is 5.73 Å². The Morgan fingerprint density at radius 3 is 3.00 bits per heavy atom. The van der Waals surface area contributed by atoms with Crippen LogP contribution >= 0.6 is 0 Å². The van der Waals surface area contributed by atoms with Gasteiger partial charge in [0.15, 0.2) is 17.0 Å². The lowest BCUT2D eigenvalue weighted by Crippen LogP contribution is -2.07. The summed E-state index contributed by atoms with van der Waals surface area (Å²) in [5.41, 5.74) is 6.67. The molecule has 2 heterocycles. The molecule has 1 atom stereocenters. The Morgan fingerprint density at radius 1 is 1.44 bits per heavy atom. The highest BCUT2D eigenvalue weighted by Crippen LogP contribution is 2.14. The van der Waals surface area contributed by atoms with Crippen LogP contribution in [0.15, 0.2) is 18.7 Å². The fraction of sp³-hybridized carbons (Fsp3) is 0.222. The largest absolute Gasteiger partial charge is 0.393 e. The van der Waals surface area contributed by atoms with E-state index in [1.165, 1.54) is 18.7 Å². The summed E-state index contributed by atoms with van der Waals surface area (Å²) >= 11 is 0. The van der Waals surface area contributed by atoms with Crippen molar-refractivity contribution >= 4 is 23.2 Å². The Labute approximate surface area is 90.9 Å². The molecule has 2 aromatic rings. The molecule has 2 rings (SSSR count). The van der Waals surface area contributed by atoms with E-state index >= 15 is 0 Å². The second-order valence-electron chi connectivity index (χ2n) is 3.17. The molecule has 0 unspecified atom stereocenters. The van der Waals surface area contributed by atoms with Gasteiger partial charge in [-0.25, -0.2) is 15.0 Å². The summed E-state index contributed by atoms with van der Waals surface area (Å²) in [7, 11) is 0. The van der Waals surface area contributed by atoms with Crippen LogP contribution in [0.25, 0.3) is 17.4 Å². The van der Waals surface area contributed by atoms with E-state index in [2.05, 4.69) is 15.0 Å². The van der Waals surface area contributed by atoms with Crippen molar-refractivity contribution in [3.8, 4) is 0 Å². The lowest BCUT2D eigenvalue weighted by atomic mass is 10.4. The minimum atomic E-state index is -0.906. The molecule has 0 bridgehead atoms. The maximum Gasteiger partial charge on any atom is 0.169 e. The van der Waals surface area contributed by atoms with Crippen molar-refractivity contribution in [3.05, 3.63) is 18.7 Å². The number of imidazole rings is 1. The number of fused-ring (bicyclic) bond motifs is 1. The first-order valence-electron chi connectivity index (χ1n) is 4.62. The van der Waals surface area contributed by atoms with Crippen LogP contribution in [-0.4, -0.2) is 42.4 Å². The van der Waals surface area contributed by atoms with Gasteiger partial charge in [-0.2, -0.15) is 0 Å². The van der Waals surface area contributed by atoms with Gasteiger partial charge in [0.05, 0.1) is 12.7 Å². The van der Waals surface area contributed by atoms with E-state index in [1.54, 1.807) is 10.8 Å². The monoisotopic (exact) mass is 221 g/mol. The Kier molecular flexibility index (Phi) is 2.80. The van der Waals surface area contributed by atoms with Crippen LogP contribution in [0.3, 0.4) is 0 Å². The number of aliphatic hydroxyl groups is 2. The molecule has 84 valence electrons. The SMILES string of the molecule is Nc1ncnc2c1ncn2/C=C/[C@H](O)CO. The van der Waals surface area contributed by atoms with Gasteiger partial charge in [-0.3, -0.25) is 4.57 Å². The van der Waals surface area contributed by atoms with Crippen molar-refractivity contribution in [2.24, 2.45) is 0 Å². The molecule has 2 aromatic heterocycles. The van der Waals surface area contributed by atoms with Gasteiger partial charge in [0.25, 0.3) is 0 Å². The van der Waals surface area contributed by atoms with Gasteiger partial charge in [0.1, 0.15) is 12.7 Å². The Bertz CT molecular complexity index is 522. The topological polar surface area (TPSA) is 110 Å². The Morgan fingerprint density at radius 2 is 2.25 bits per heavy atom. The lowest BCUT2D eigenvalue weighted by Gasteiger charge is -1.99. The molecule has 0 amide bonds. The predicted molar refractivity (Wildman–Crippen MR) is 58.2 cm³/mol. The number of nitrogens with two attached hydrogens (primary N) is 1. The number of aliphatic hydroxyl groups excluding tert-OH is 2. The molecule has 0 aliphatic carbocycles. The minimum Gasteiger partial charge on any atom is -0.393 e. The molecule has 4 N–H and O–H groups in total. The molecule has 7 nitrogen and oxygen atoms in total. The lowest BCUT2D eigenvalue weighted by molar-refractivity contribution is 0.131. The zero-order chi connectivity index (χ0) is 11.5. The van der Waals surface area contributed by atoms with E-state index in [0.29, 0.717) is 17.0 Å². The summed E-state index contributed by atoms with van der Waals surface area (Å²) in [4.78, 5) is 11.9. The third-order valence-electron chi connectivity index (χ3n) is 2.04. The molecule has 0 saturated heterocycles. The van der Waals surface area contributed by atoms with Crippen LogP contribution in [0.1, 0.15) is 0 Å². The fourth-order valence-corrected chi connectivity index (χ4v) is 1.23. The average Bonchev–Trinajstić information content (AvgIpc) is 2.70. The van der Waals surface area contributed by atoms with Crippen LogP contribution in [0.2, 0.25) is 0 Å². The zero-order valence-electron chi connectivity index (χ0n) is 8.35. The summed E-state index contributed by atoms with van der Waals surface area (Å²) < 4.78 is 1.59. The molecule has 16 heavy (non-hydrogen) atoms. The Hall–Kier alpha value is -1.99. The number of aromatic nitrogens is 4. The zero-order valence-corrected chi connectivity index (χ0v) is 8.35. The van der Waals surface area contributed by atoms with E-state index in [1.807, 2.05) is 0 Å². The molecule has 0 fully saturated rings.